The number of halogens is 2. The number of nitrogens with one attached hydrogen (secondary N) is 1. The summed E-state index contributed by atoms with van der Waals surface area (Å²) in [5.74, 6) is 0. The van der Waals surface area contributed by atoms with Gasteiger partial charge < -0.3 is 5.32 Å². The number of rotatable bonds is 9. The summed E-state index contributed by atoms with van der Waals surface area (Å²) >= 11 is 12.8. The van der Waals surface area contributed by atoms with Crippen LogP contribution in [0.4, 0.5) is 0 Å². The molecule has 1 aromatic heterocycles. The molecule has 0 radical (unpaired) electrons. The zero-order valence-corrected chi connectivity index (χ0v) is 19.5. The molecule has 0 bridgehead atoms. The molecular formula is C26H26Cl2N4. The molecule has 1 heterocycles. The lowest BCUT2D eigenvalue weighted by atomic mass is 10.0. The van der Waals surface area contributed by atoms with E-state index in [4.69, 9.17) is 33.4 Å². The Hall–Kier alpha value is -2.66. The second kappa shape index (κ2) is 10.8. The Bertz CT molecular complexity index is 1120. The van der Waals surface area contributed by atoms with Crippen LogP contribution in [0.25, 0.3) is 11.3 Å². The molecule has 6 heteroatoms. The maximum atomic E-state index is 6.38. The van der Waals surface area contributed by atoms with Crippen LogP contribution in [-0.4, -0.2) is 15.0 Å². The van der Waals surface area contributed by atoms with E-state index in [0.29, 0.717) is 23.1 Å². The van der Waals surface area contributed by atoms with E-state index in [1.807, 2.05) is 42.5 Å². The van der Waals surface area contributed by atoms with Crippen LogP contribution < -0.4 is 5.32 Å². The van der Waals surface area contributed by atoms with Crippen molar-refractivity contribution in [2.75, 3.05) is 0 Å². The van der Waals surface area contributed by atoms with Crippen molar-refractivity contribution in [1.29, 1.82) is 0 Å². The Labute approximate surface area is 199 Å². The summed E-state index contributed by atoms with van der Waals surface area (Å²) in [7, 11) is 0. The first kappa shape index (κ1) is 22.5. The van der Waals surface area contributed by atoms with E-state index in [2.05, 4.69) is 48.6 Å². The van der Waals surface area contributed by atoms with Gasteiger partial charge in [0, 0.05) is 33.8 Å². The molecule has 32 heavy (non-hydrogen) atoms. The largest absolute Gasteiger partial charge is 0.304 e. The zero-order chi connectivity index (χ0) is 22.3. The number of hydrogen-bond donors (Lipinski definition) is 1. The first-order chi connectivity index (χ1) is 15.7. The van der Waals surface area contributed by atoms with Gasteiger partial charge in [-0.2, -0.15) is 15.0 Å². The van der Waals surface area contributed by atoms with Crippen LogP contribution >= 0.6 is 23.2 Å². The summed E-state index contributed by atoms with van der Waals surface area (Å²) in [6.07, 6.45) is 2.14. The van der Waals surface area contributed by atoms with Crippen molar-refractivity contribution in [3.63, 3.8) is 0 Å². The highest BCUT2D eigenvalue weighted by atomic mass is 35.5. The van der Waals surface area contributed by atoms with Gasteiger partial charge in [-0.25, -0.2) is 0 Å². The predicted octanol–water partition coefficient (Wildman–Crippen LogP) is 6.93. The molecular weight excluding hydrogens is 439 g/mol. The van der Waals surface area contributed by atoms with Crippen molar-refractivity contribution < 1.29 is 0 Å². The van der Waals surface area contributed by atoms with Gasteiger partial charge in [-0.05, 0) is 24.1 Å². The zero-order valence-electron chi connectivity index (χ0n) is 18.0. The van der Waals surface area contributed by atoms with E-state index in [0.717, 1.165) is 35.4 Å². The predicted molar refractivity (Wildman–Crippen MR) is 132 cm³/mol. The van der Waals surface area contributed by atoms with Crippen LogP contribution in [-0.2, 0) is 13.1 Å². The summed E-state index contributed by atoms with van der Waals surface area (Å²) in [5.41, 5.74) is 4.90. The fourth-order valence-electron chi connectivity index (χ4n) is 3.80. The molecule has 164 valence electrons. The molecule has 0 spiro atoms. The maximum absolute atomic E-state index is 6.38. The Morgan fingerprint density at radius 3 is 2.16 bits per heavy atom. The van der Waals surface area contributed by atoms with Crippen LogP contribution in [0.15, 0.2) is 78.9 Å². The second-order valence-electron chi connectivity index (χ2n) is 7.72. The quantitative estimate of drug-likeness (QED) is 0.291. The molecule has 0 saturated heterocycles. The van der Waals surface area contributed by atoms with Gasteiger partial charge in [0.15, 0.2) is 0 Å². The number of hydrogen-bond acceptors (Lipinski definition) is 3. The van der Waals surface area contributed by atoms with Crippen molar-refractivity contribution in [1.82, 2.24) is 20.3 Å². The standard InChI is InChI=1S/C26H26Cl2N4/c1-2-10-24(19-11-5-3-6-12-19)29-17-25-26(20-13-7-4-8-14-20)31-32(30-25)18-21-22(27)15-9-16-23(21)28/h3-9,11-16,24,29H,2,10,17-18H2,1H3/t24-/m1/s1. The molecule has 3 aromatic carbocycles. The molecule has 0 fully saturated rings. The minimum absolute atomic E-state index is 0.257. The lowest BCUT2D eigenvalue weighted by Crippen LogP contribution is -2.21. The summed E-state index contributed by atoms with van der Waals surface area (Å²) in [5, 5.41) is 14.5. The van der Waals surface area contributed by atoms with Gasteiger partial charge in [0.05, 0.1) is 6.54 Å². The Morgan fingerprint density at radius 1 is 0.844 bits per heavy atom. The van der Waals surface area contributed by atoms with Crippen molar-refractivity contribution in [3.05, 3.63) is 106 Å². The van der Waals surface area contributed by atoms with Gasteiger partial charge in [0.1, 0.15) is 11.4 Å². The molecule has 4 aromatic rings. The molecule has 4 rings (SSSR count). The fraction of sp³-hybridized carbons (Fsp3) is 0.231. The van der Waals surface area contributed by atoms with Crippen molar-refractivity contribution in [2.24, 2.45) is 0 Å². The van der Waals surface area contributed by atoms with Gasteiger partial charge in [-0.3, -0.25) is 0 Å². The molecule has 0 unspecified atom stereocenters. The third-order valence-electron chi connectivity index (χ3n) is 5.43. The van der Waals surface area contributed by atoms with Gasteiger partial charge >= 0.3 is 0 Å². The Kier molecular flexibility index (Phi) is 7.59. The highest BCUT2D eigenvalue weighted by Crippen LogP contribution is 2.27. The molecule has 0 aliphatic heterocycles. The van der Waals surface area contributed by atoms with Crippen LogP contribution in [0.2, 0.25) is 10.0 Å². The molecule has 1 atom stereocenters. The van der Waals surface area contributed by atoms with Crippen LogP contribution in [0.1, 0.15) is 42.6 Å². The molecule has 0 aliphatic carbocycles. The van der Waals surface area contributed by atoms with Crippen molar-refractivity contribution >= 4 is 23.2 Å². The summed E-state index contributed by atoms with van der Waals surface area (Å²) < 4.78 is 0. The smallest absolute Gasteiger partial charge is 0.117 e. The average Bonchev–Trinajstić information content (AvgIpc) is 3.23. The molecule has 0 aliphatic rings. The number of benzene rings is 3. The first-order valence-electron chi connectivity index (χ1n) is 10.9. The van der Waals surface area contributed by atoms with E-state index >= 15 is 0 Å². The number of aromatic nitrogens is 3. The third kappa shape index (κ3) is 5.39. The van der Waals surface area contributed by atoms with Crippen LogP contribution in [0, 0.1) is 0 Å². The van der Waals surface area contributed by atoms with Gasteiger partial charge in [-0.15, -0.1) is 0 Å². The summed E-state index contributed by atoms with van der Waals surface area (Å²) in [4.78, 5) is 1.68. The Balaban J connectivity index is 1.63. The van der Waals surface area contributed by atoms with E-state index < -0.39 is 0 Å². The lowest BCUT2D eigenvalue weighted by Gasteiger charge is -2.18. The van der Waals surface area contributed by atoms with E-state index in [1.165, 1.54) is 5.56 Å². The molecule has 0 amide bonds. The minimum atomic E-state index is 0.257. The van der Waals surface area contributed by atoms with E-state index in [1.54, 1.807) is 4.80 Å². The molecule has 1 N–H and O–H groups in total. The molecule has 0 saturated carbocycles. The summed E-state index contributed by atoms with van der Waals surface area (Å²) in [6.45, 7) is 3.23. The van der Waals surface area contributed by atoms with E-state index in [-0.39, 0.29) is 6.04 Å². The second-order valence-corrected chi connectivity index (χ2v) is 8.54. The average molecular weight is 465 g/mol. The normalized spacial score (nSPS) is 12.1. The fourth-order valence-corrected chi connectivity index (χ4v) is 4.31. The van der Waals surface area contributed by atoms with Crippen molar-refractivity contribution in [3.8, 4) is 11.3 Å². The number of nitrogens with zero attached hydrogens (tertiary/aromatic N) is 3. The molecule has 4 nitrogen and oxygen atoms in total. The minimum Gasteiger partial charge on any atom is -0.304 e. The van der Waals surface area contributed by atoms with Crippen molar-refractivity contribution in [2.45, 2.75) is 38.9 Å². The summed E-state index contributed by atoms with van der Waals surface area (Å²) in [6, 6.07) is 26.5. The maximum Gasteiger partial charge on any atom is 0.117 e. The SMILES string of the molecule is CCC[C@@H](NCc1nn(Cc2c(Cl)cccc2Cl)nc1-c1ccccc1)c1ccccc1. The Morgan fingerprint density at radius 2 is 1.50 bits per heavy atom. The van der Waals surface area contributed by atoms with Crippen LogP contribution in [0.5, 0.6) is 0 Å². The highest BCUT2D eigenvalue weighted by Gasteiger charge is 2.17. The third-order valence-corrected chi connectivity index (χ3v) is 6.14. The first-order valence-corrected chi connectivity index (χ1v) is 11.6. The highest BCUT2D eigenvalue weighted by molar-refractivity contribution is 6.35. The lowest BCUT2D eigenvalue weighted by molar-refractivity contribution is 0.485. The van der Waals surface area contributed by atoms with Gasteiger partial charge in [0.25, 0.3) is 0 Å². The topological polar surface area (TPSA) is 42.7 Å². The van der Waals surface area contributed by atoms with Gasteiger partial charge in [0.2, 0.25) is 0 Å². The monoisotopic (exact) mass is 464 g/mol. The van der Waals surface area contributed by atoms with Crippen LogP contribution in [0.3, 0.4) is 0 Å². The van der Waals surface area contributed by atoms with Gasteiger partial charge in [-0.1, -0.05) is 103 Å². The van der Waals surface area contributed by atoms with E-state index in [9.17, 15) is 0 Å².